The van der Waals surface area contributed by atoms with Gasteiger partial charge in [-0.15, -0.1) is 0 Å². The molecule has 0 aromatic carbocycles. The molecule has 1 saturated heterocycles. The maximum atomic E-state index is 5.53. The number of ether oxygens (including phenoxy) is 1. The Morgan fingerprint density at radius 3 is 2.85 bits per heavy atom. The minimum Gasteiger partial charge on any atom is -0.379 e. The molecule has 1 fully saturated rings. The smallest absolute Gasteiger partial charge is 0.221 e. The zero-order chi connectivity index (χ0) is 9.26. The second kappa shape index (κ2) is 3.51. The molecular formula is C8H11N3OS. The number of aromatic nitrogens is 2. The van der Waals surface area contributed by atoms with Crippen LogP contribution in [0.5, 0.6) is 0 Å². The standard InChI is InChI=1S/C8H11N3OS/c1-5-2-7(11-8(9)10-5)13-6-3-12-4-6/h2,6H,3-4H2,1H3,(H2,9,10,11). The van der Waals surface area contributed by atoms with Crippen LogP contribution in [0.25, 0.3) is 0 Å². The van der Waals surface area contributed by atoms with Crippen LogP contribution in [0.15, 0.2) is 11.1 Å². The van der Waals surface area contributed by atoms with Gasteiger partial charge in [-0.3, -0.25) is 0 Å². The third-order valence-electron chi connectivity index (χ3n) is 1.74. The molecular weight excluding hydrogens is 186 g/mol. The number of nitrogens with two attached hydrogens (primary N) is 1. The summed E-state index contributed by atoms with van der Waals surface area (Å²) in [5.74, 6) is 0.350. The lowest BCUT2D eigenvalue weighted by Crippen LogP contribution is -2.30. The molecule has 2 N–H and O–H groups in total. The summed E-state index contributed by atoms with van der Waals surface area (Å²) < 4.78 is 5.07. The minimum absolute atomic E-state index is 0.350. The van der Waals surface area contributed by atoms with Crippen LogP contribution >= 0.6 is 11.8 Å². The molecule has 1 aromatic heterocycles. The van der Waals surface area contributed by atoms with Crippen LogP contribution in [0.2, 0.25) is 0 Å². The van der Waals surface area contributed by atoms with Crippen molar-refractivity contribution in [1.29, 1.82) is 0 Å². The lowest BCUT2D eigenvalue weighted by atomic mass is 10.4. The minimum atomic E-state index is 0.350. The lowest BCUT2D eigenvalue weighted by Gasteiger charge is -2.24. The van der Waals surface area contributed by atoms with E-state index < -0.39 is 0 Å². The number of nitrogens with zero attached hydrogens (tertiary/aromatic N) is 2. The Kier molecular flexibility index (Phi) is 2.37. The van der Waals surface area contributed by atoms with Gasteiger partial charge < -0.3 is 10.5 Å². The first-order valence-electron chi connectivity index (χ1n) is 4.09. The van der Waals surface area contributed by atoms with Crippen molar-refractivity contribution >= 4 is 17.7 Å². The molecule has 1 aliphatic rings. The Morgan fingerprint density at radius 2 is 2.31 bits per heavy atom. The first-order chi connectivity index (χ1) is 6.24. The van der Waals surface area contributed by atoms with E-state index in [-0.39, 0.29) is 0 Å². The Balaban J connectivity index is 2.10. The first-order valence-corrected chi connectivity index (χ1v) is 4.97. The Hall–Kier alpha value is -0.810. The molecule has 70 valence electrons. The van der Waals surface area contributed by atoms with E-state index in [1.54, 1.807) is 11.8 Å². The molecule has 0 saturated carbocycles. The average Bonchev–Trinajstić information content (AvgIpc) is 1.95. The normalized spacial score (nSPS) is 17.0. The highest BCUT2D eigenvalue weighted by atomic mass is 32.2. The van der Waals surface area contributed by atoms with Gasteiger partial charge in [-0.05, 0) is 13.0 Å². The second-order valence-corrected chi connectivity index (χ2v) is 4.30. The fourth-order valence-electron chi connectivity index (χ4n) is 1.08. The average molecular weight is 197 g/mol. The molecule has 0 bridgehead atoms. The van der Waals surface area contributed by atoms with Crippen molar-refractivity contribution in [1.82, 2.24) is 9.97 Å². The van der Waals surface area contributed by atoms with Gasteiger partial charge in [0.1, 0.15) is 5.03 Å². The molecule has 0 atom stereocenters. The number of rotatable bonds is 2. The maximum Gasteiger partial charge on any atom is 0.221 e. The molecule has 0 unspecified atom stereocenters. The Morgan fingerprint density at radius 1 is 1.54 bits per heavy atom. The molecule has 5 heteroatoms. The van der Waals surface area contributed by atoms with Crippen LogP contribution < -0.4 is 5.73 Å². The van der Waals surface area contributed by atoms with Crippen molar-refractivity contribution in [2.45, 2.75) is 17.2 Å². The van der Waals surface area contributed by atoms with Gasteiger partial charge in [0.2, 0.25) is 5.95 Å². The monoisotopic (exact) mass is 197 g/mol. The fraction of sp³-hybridized carbons (Fsp3) is 0.500. The summed E-state index contributed by atoms with van der Waals surface area (Å²) in [6.45, 7) is 3.54. The summed E-state index contributed by atoms with van der Waals surface area (Å²) in [7, 11) is 0. The van der Waals surface area contributed by atoms with Gasteiger partial charge >= 0.3 is 0 Å². The first kappa shape index (κ1) is 8.77. The predicted molar refractivity (Wildman–Crippen MR) is 51.6 cm³/mol. The van der Waals surface area contributed by atoms with Crippen LogP contribution in [0.4, 0.5) is 5.95 Å². The summed E-state index contributed by atoms with van der Waals surface area (Å²) in [6.07, 6.45) is 0. The zero-order valence-electron chi connectivity index (χ0n) is 7.36. The number of hydrogen-bond donors (Lipinski definition) is 1. The van der Waals surface area contributed by atoms with Gasteiger partial charge in [-0.2, -0.15) is 0 Å². The van der Waals surface area contributed by atoms with Gasteiger partial charge in [0.05, 0.1) is 18.5 Å². The SMILES string of the molecule is Cc1cc(SC2COC2)nc(N)n1. The Labute approximate surface area is 80.9 Å². The summed E-state index contributed by atoms with van der Waals surface area (Å²) in [5.41, 5.74) is 6.44. The van der Waals surface area contributed by atoms with E-state index in [0.717, 1.165) is 23.9 Å². The molecule has 0 amide bonds. The number of hydrogen-bond acceptors (Lipinski definition) is 5. The van der Waals surface area contributed by atoms with Crippen LogP contribution in [-0.2, 0) is 4.74 Å². The highest BCUT2D eigenvalue weighted by Crippen LogP contribution is 2.26. The molecule has 0 aliphatic carbocycles. The van der Waals surface area contributed by atoms with Gasteiger partial charge in [0, 0.05) is 5.69 Å². The predicted octanol–water partition coefficient (Wildman–Crippen LogP) is 0.858. The third-order valence-corrected chi connectivity index (χ3v) is 2.80. The largest absolute Gasteiger partial charge is 0.379 e. The quantitative estimate of drug-likeness (QED) is 0.712. The summed E-state index contributed by atoms with van der Waals surface area (Å²) in [5, 5.41) is 1.48. The van der Waals surface area contributed by atoms with Crippen molar-refractivity contribution < 1.29 is 4.74 Å². The number of thioether (sulfide) groups is 1. The number of aryl methyl sites for hydroxylation is 1. The molecule has 2 rings (SSSR count). The van der Waals surface area contributed by atoms with Gasteiger partial charge in [0.15, 0.2) is 0 Å². The molecule has 1 aromatic rings. The van der Waals surface area contributed by atoms with Gasteiger partial charge in [0.25, 0.3) is 0 Å². The van der Waals surface area contributed by atoms with Crippen molar-refractivity contribution in [3.63, 3.8) is 0 Å². The van der Waals surface area contributed by atoms with E-state index in [1.165, 1.54) is 0 Å². The highest BCUT2D eigenvalue weighted by molar-refractivity contribution is 8.00. The Bertz CT molecular complexity index is 294. The van der Waals surface area contributed by atoms with Crippen LogP contribution in [-0.4, -0.2) is 28.4 Å². The molecule has 0 spiro atoms. The topological polar surface area (TPSA) is 61.0 Å². The van der Waals surface area contributed by atoms with Crippen molar-refractivity contribution in [2.75, 3.05) is 18.9 Å². The molecule has 1 aliphatic heterocycles. The van der Waals surface area contributed by atoms with Gasteiger partial charge in [-0.25, -0.2) is 9.97 Å². The van der Waals surface area contributed by atoms with E-state index in [2.05, 4.69) is 9.97 Å². The van der Waals surface area contributed by atoms with Crippen molar-refractivity contribution in [2.24, 2.45) is 0 Å². The second-order valence-electron chi connectivity index (χ2n) is 2.98. The summed E-state index contributed by atoms with van der Waals surface area (Å²) >= 11 is 1.70. The van der Waals surface area contributed by atoms with Crippen LogP contribution in [0, 0.1) is 6.92 Å². The summed E-state index contributed by atoms with van der Waals surface area (Å²) in [4.78, 5) is 8.14. The highest BCUT2D eigenvalue weighted by Gasteiger charge is 2.20. The third kappa shape index (κ3) is 2.10. The maximum absolute atomic E-state index is 5.53. The number of anilines is 1. The van der Waals surface area contributed by atoms with E-state index in [0.29, 0.717) is 11.2 Å². The number of nitrogen functional groups attached to an aromatic ring is 1. The molecule has 0 radical (unpaired) electrons. The van der Waals surface area contributed by atoms with Crippen LogP contribution in [0.3, 0.4) is 0 Å². The summed E-state index contributed by atoms with van der Waals surface area (Å²) in [6, 6.07) is 1.94. The van der Waals surface area contributed by atoms with Crippen molar-refractivity contribution in [3.8, 4) is 0 Å². The van der Waals surface area contributed by atoms with E-state index in [9.17, 15) is 0 Å². The van der Waals surface area contributed by atoms with E-state index in [4.69, 9.17) is 10.5 Å². The van der Waals surface area contributed by atoms with Crippen LogP contribution in [0.1, 0.15) is 5.69 Å². The molecule has 2 heterocycles. The van der Waals surface area contributed by atoms with Gasteiger partial charge in [-0.1, -0.05) is 11.8 Å². The zero-order valence-corrected chi connectivity index (χ0v) is 8.17. The lowest BCUT2D eigenvalue weighted by molar-refractivity contribution is 0.0454. The van der Waals surface area contributed by atoms with E-state index in [1.807, 2.05) is 13.0 Å². The van der Waals surface area contributed by atoms with E-state index >= 15 is 0 Å². The molecule has 13 heavy (non-hydrogen) atoms. The fourth-order valence-corrected chi connectivity index (χ4v) is 2.13. The van der Waals surface area contributed by atoms with Crippen molar-refractivity contribution in [3.05, 3.63) is 11.8 Å². The molecule has 4 nitrogen and oxygen atoms in total.